The van der Waals surface area contributed by atoms with Gasteiger partial charge >= 0.3 is 0 Å². The number of thioether (sulfide) groups is 1. The van der Waals surface area contributed by atoms with Gasteiger partial charge in [-0.15, -0.1) is 11.8 Å². The minimum Gasteiger partial charge on any atom is -0.388 e. The zero-order chi connectivity index (χ0) is 11.4. The van der Waals surface area contributed by atoms with Crippen molar-refractivity contribution in [2.24, 2.45) is 0 Å². The van der Waals surface area contributed by atoms with Crippen LogP contribution < -0.4 is 5.32 Å². The van der Waals surface area contributed by atoms with Crippen LogP contribution in [0.2, 0.25) is 0 Å². The van der Waals surface area contributed by atoms with E-state index in [1.54, 1.807) is 11.8 Å². The second-order valence-corrected chi connectivity index (χ2v) is 5.40. The van der Waals surface area contributed by atoms with Crippen LogP contribution >= 0.6 is 11.8 Å². The molecule has 1 aromatic carbocycles. The smallest absolute Gasteiger partial charge is 0.0819 e. The average molecular weight is 237 g/mol. The van der Waals surface area contributed by atoms with E-state index in [0.29, 0.717) is 6.54 Å². The van der Waals surface area contributed by atoms with Crippen molar-refractivity contribution in [2.75, 3.05) is 18.1 Å². The lowest BCUT2D eigenvalue weighted by atomic mass is 10.0. The van der Waals surface area contributed by atoms with Crippen molar-refractivity contribution in [2.45, 2.75) is 36.2 Å². The van der Waals surface area contributed by atoms with Crippen molar-refractivity contribution in [3.8, 4) is 0 Å². The molecule has 1 aliphatic rings. The molecular formula is C13H19NOS. The Morgan fingerprint density at radius 3 is 2.81 bits per heavy atom. The molecule has 2 nitrogen and oxygen atoms in total. The summed E-state index contributed by atoms with van der Waals surface area (Å²) in [5.74, 6) is 0. The summed E-state index contributed by atoms with van der Waals surface area (Å²) in [6.07, 6.45) is 6.25. The third-order valence-corrected chi connectivity index (χ3v) is 3.95. The van der Waals surface area contributed by atoms with Gasteiger partial charge in [0.2, 0.25) is 0 Å². The highest BCUT2D eigenvalue weighted by Crippen LogP contribution is 2.30. The maximum atomic E-state index is 10.2. The zero-order valence-electron chi connectivity index (χ0n) is 9.70. The molecule has 0 bridgehead atoms. The van der Waals surface area contributed by atoms with Crippen molar-refractivity contribution in [1.82, 2.24) is 0 Å². The summed E-state index contributed by atoms with van der Waals surface area (Å²) in [6.45, 7) is 0.671. The van der Waals surface area contributed by atoms with Gasteiger partial charge in [0.05, 0.1) is 5.60 Å². The van der Waals surface area contributed by atoms with Crippen LogP contribution in [0.3, 0.4) is 0 Å². The van der Waals surface area contributed by atoms with E-state index in [1.165, 1.54) is 4.90 Å². The SMILES string of the molecule is CSc1cccc(NCC2(O)CCCC2)c1. The first-order valence-corrected chi connectivity index (χ1v) is 7.05. The van der Waals surface area contributed by atoms with Gasteiger partial charge in [0.15, 0.2) is 0 Å². The summed E-state index contributed by atoms with van der Waals surface area (Å²) in [5.41, 5.74) is 0.627. The van der Waals surface area contributed by atoms with Crippen LogP contribution in [-0.2, 0) is 0 Å². The summed E-state index contributed by atoms with van der Waals surface area (Å²) in [4.78, 5) is 1.25. The third kappa shape index (κ3) is 2.92. The first-order valence-electron chi connectivity index (χ1n) is 5.82. The zero-order valence-corrected chi connectivity index (χ0v) is 10.5. The molecule has 2 rings (SSSR count). The molecule has 1 aromatic rings. The number of aliphatic hydroxyl groups is 1. The molecule has 0 atom stereocenters. The second-order valence-electron chi connectivity index (χ2n) is 4.52. The van der Waals surface area contributed by atoms with Crippen molar-refractivity contribution >= 4 is 17.4 Å². The van der Waals surface area contributed by atoms with E-state index < -0.39 is 5.60 Å². The average Bonchev–Trinajstić information content (AvgIpc) is 2.75. The molecule has 0 unspecified atom stereocenters. The summed E-state index contributed by atoms with van der Waals surface area (Å²) in [5, 5.41) is 13.5. The fraction of sp³-hybridized carbons (Fsp3) is 0.538. The molecule has 3 heteroatoms. The number of hydrogen-bond acceptors (Lipinski definition) is 3. The predicted molar refractivity (Wildman–Crippen MR) is 70.1 cm³/mol. The maximum absolute atomic E-state index is 10.2. The maximum Gasteiger partial charge on any atom is 0.0819 e. The Morgan fingerprint density at radius 2 is 2.12 bits per heavy atom. The number of benzene rings is 1. The lowest BCUT2D eigenvalue weighted by molar-refractivity contribution is 0.0615. The fourth-order valence-corrected chi connectivity index (χ4v) is 2.67. The first-order chi connectivity index (χ1) is 7.72. The Hall–Kier alpha value is -0.670. The summed E-state index contributed by atoms with van der Waals surface area (Å²) in [7, 11) is 0. The number of anilines is 1. The largest absolute Gasteiger partial charge is 0.388 e. The van der Waals surface area contributed by atoms with E-state index in [-0.39, 0.29) is 0 Å². The fourth-order valence-electron chi connectivity index (χ4n) is 2.21. The normalized spacial score (nSPS) is 18.6. The van der Waals surface area contributed by atoms with Crippen molar-refractivity contribution in [3.05, 3.63) is 24.3 Å². The van der Waals surface area contributed by atoms with E-state index in [4.69, 9.17) is 0 Å². The highest BCUT2D eigenvalue weighted by atomic mass is 32.2. The van der Waals surface area contributed by atoms with E-state index >= 15 is 0 Å². The van der Waals surface area contributed by atoms with Gasteiger partial charge in [0.1, 0.15) is 0 Å². The molecule has 1 aliphatic carbocycles. The molecule has 0 heterocycles. The lowest BCUT2D eigenvalue weighted by Crippen LogP contribution is -2.33. The molecule has 88 valence electrons. The van der Waals surface area contributed by atoms with Crippen LogP contribution in [0.4, 0.5) is 5.69 Å². The summed E-state index contributed by atoms with van der Waals surface area (Å²) < 4.78 is 0. The molecule has 16 heavy (non-hydrogen) atoms. The molecule has 0 spiro atoms. The van der Waals surface area contributed by atoms with E-state index in [2.05, 4.69) is 29.8 Å². The number of nitrogens with one attached hydrogen (secondary N) is 1. The van der Waals surface area contributed by atoms with Crippen LogP contribution in [0, 0.1) is 0 Å². The van der Waals surface area contributed by atoms with Crippen LogP contribution in [0.25, 0.3) is 0 Å². The van der Waals surface area contributed by atoms with Crippen LogP contribution in [0.15, 0.2) is 29.2 Å². The molecule has 2 N–H and O–H groups in total. The van der Waals surface area contributed by atoms with Crippen LogP contribution in [-0.4, -0.2) is 23.5 Å². The highest BCUT2D eigenvalue weighted by molar-refractivity contribution is 7.98. The Morgan fingerprint density at radius 1 is 1.38 bits per heavy atom. The number of hydrogen-bond donors (Lipinski definition) is 2. The van der Waals surface area contributed by atoms with Gasteiger partial charge in [-0.25, -0.2) is 0 Å². The highest BCUT2D eigenvalue weighted by Gasteiger charge is 2.30. The van der Waals surface area contributed by atoms with Gasteiger partial charge in [-0.2, -0.15) is 0 Å². The third-order valence-electron chi connectivity index (χ3n) is 3.23. The Bertz CT molecular complexity index is 348. The molecule has 0 radical (unpaired) electrons. The van der Waals surface area contributed by atoms with E-state index in [1.807, 2.05) is 6.07 Å². The molecule has 1 fully saturated rings. The molecule has 0 saturated heterocycles. The molecule has 0 aliphatic heterocycles. The van der Waals surface area contributed by atoms with Gasteiger partial charge in [-0.05, 0) is 37.3 Å². The van der Waals surface area contributed by atoms with E-state index in [9.17, 15) is 5.11 Å². The topological polar surface area (TPSA) is 32.3 Å². The minimum absolute atomic E-state index is 0.477. The molecule has 1 saturated carbocycles. The van der Waals surface area contributed by atoms with E-state index in [0.717, 1.165) is 31.4 Å². The Kier molecular flexibility index (Phi) is 3.77. The van der Waals surface area contributed by atoms with Gasteiger partial charge in [0.25, 0.3) is 0 Å². The minimum atomic E-state index is -0.477. The summed E-state index contributed by atoms with van der Waals surface area (Å²) >= 11 is 1.74. The summed E-state index contributed by atoms with van der Waals surface area (Å²) in [6, 6.07) is 8.33. The van der Waals surface area contributed by atoms with Gasteiger partial charge in [0, 0.05) is 17.1 Å². The van der Waals surface area contributed by atoms with Crippen LogP contribution in [0.1, 0.15) is 25.7 Å². The Labute approximate surface area is 101 Å². The molecular weight excluding hydrogens is 218 g/mol. The quantitative estimate of drug-likeness (QED) is 0.789. The van der Waals surface area contributed by atoms with Gasteiger partial charge < -0.3 is 10.4 Å². The van der Waals surface area contributed by atoms with Crippen molar-refractivity contribution < 1.29 is 5.11 Å². The Balaban J connectivity index is 1.93. The monoisotopic (exact) mass is 237 g/mol. The van der Waals surface area contributed by atoms with Crippen molar-refractivity contribution in [1.29, 1.82) is 0 Å². The molecule has 0 amide bonds. The van der Waals surface area contributed by atoms with Gasteiger partial charge in [-0.1, -0.05) is 18.9 Å². The lowest BCUT2D eigenvalue weighted by Gasteiger charge is -2.23. The van der Waals surface area contributed by atoms with Gasteiger partial charge in [-0.3, -0.25) is 0 Å². The molecule has 0 aromatic heterocycles. The van der Waals surface area contributed by atoms with Crippen molar-refractivity contribution in [3.63, 3.8) is 0 Å². The standard InChI is InChI=1S/C13H19NOS/c1-16-12-6-4-5-11(9-12)14-10-13(15)7-2-3-8-13/h4-6,9,14-15H,2-3,7-8,10H2,1H3. The predicted octanol–water partition coefficient (Wildman–Crippen LogP) is 3.13. The second kappa shape index (κ2) is 5.11. The number of rotatable bonds is 4. The van der Waals surface area contributed by atoms with Crippen LogP contribution in [0.5, 0.6) is 0 Å². The first kappa shape index (κ1) is 11.8.